The van der Waals surface area contributed by atoms with E-state index in [-0.39, 0.29) is 11.7 Å². The lowest BCUT2D eigenvalue weighted by molar-refractivity contribution is -0.114. The Kier molecular flexibility index (Phi) is 5.00. The van der Waals surface area contributed by atoms with Gasteiger partial charge in [-0.3, -0.25) is 4.79 Å². The molecule has 3 aromatic rings. The lowest BCUT2D eigenvalue weighted by atomic mass is 9.97. The maximum absolute atomic E-state index is 11.3. The molecule has 5 heteroatoms. The Labute approximate surface area is 157 Å². The van der Waals surface area contributed by atoms with Crippen LogP contribution in [0.4, 0.5) is 11.5 Å². The number of hydrogen-bond acceptors (Lipinski definition) is 4. The van der Waals surface area contributed by atoms with Crippen molar-refractivity contribution in [2.45, 2.75) is 6.92 Å². The minimum absolute atomic E-state index is 0.151. The molecule has 27 heavy (non-hydrogen) atoms. The number of nitrogens with zero attached hydrogens (tertiary/aromatic N) is 2. The molecule has 0 aliphatic carbocycles. The molecule has 0 saturated heterocycles. The Bertz CT molecular complexity index is 1080. The van der Waals surface area contributed by atoms with Crippen LogP contribution in [0.15, 0.2) is 61.2 Å². The Morgan fingerprint density at radius 2 is 1.93 bits per heavy atom. The number of pyridine rings is 1. The van der Waals surface area contributed by atoms with Crippen LogP contribution in [0.25, 0.3) is 28.5 Å². The van der Waals surface area contributed by atoms with Crippen LogP contribution in [0.2, 0.25) is 0 Å². The first-order chi connectivity index (χ1) is 13.0. The number of rotatable bonds is 4. The van der Waals surface area contributed by atoms with E-state index in [4.69, 9.17) is 5.73 Å². The van der Waals surface area contributed by atoms with Crippen LogP contribution in [-0.2, 0) is 4.79 Å². The number of nitriles is 1. The number of carbonyl (C=O) groups is 1. The van der Waals surface area contributed by atoms with Crippen LogP contribution in [0.1, 0.15) is 18.1 Å². The monoisotopic (exact) mass is 354 g/mol. The van der Waals surface area contributed by atoms with Crippen LogP contribution in [0.3, 0.4) is 0 Å². The van der Waals surface area contributed by atoms with Crippen molar-refractivity contribution in [3.05, 3.63) is 72.3 Å². The predicted octanol–water partition coefficient (Wildman–Crippen LogP) is 4.47. The highest BCUT2D eigenvalue weighted by atomic mass is 16.1. The number of benzene rings is 2. The molecule has 0 radical (unpaired) electrons. The number of nitrogens with one attached hydrogen (secondary N) is 1. The maximum atomic E-state index is 11.3. The molecule has 3 N–H and O–H groups in total. The van der Waals surface area contributed by atoms with Crippen molar-refractivity contribution in [3.8, 4) is 28.5 Å². The van der Waals surface area contributed by atoms with E-state index in [1.807, 2.05) is 48.5 Å². The molecule has 0 bridgehead atoms. The van der Waals surface area contributed by atoms with Gasteiger partial charge in [0.2, 0.25) is 5.91 Å². The van der Waals surface area contributed by atoms with Gasteiger partial charge in [0, 0.05) is 23.7 Å². The highest BCUT2D eigenvalue weighted by Crippen LogP contribution is 2.32. The molecular weight excluding hydrogens is 336 g/mol. The zero-order chi connectivity index (χ0) is 19.4. The quantitative estimate of drug-likeness (QED) is 0.723. The van der Waals surface area contributed by atoms with Crippen LogP contribution in [-0.4, -0.2) is 10.9 Å². The molecule has 0 atom stereocenters. The number of aromatic nitrogens is 1. The van der Waals surface area contributed by atoms with E-state index in [1.54, 1.807) is 12.1 Å². The molecule has 5 nitrogen and oxygen atoms in total. The number of nitrogen functional groups attached to an aromatic ring is 1. The summed E-state index contributed by atoms with van der Waals surface area (Å²) in [6.45, 7) is 5.24. The van der Waals surface area contributed by atoms with Crippen molar-refractivity contribution in [2.75, 3.05) is 11.1 Å². The average Bonchev–Trinajstić information content (AvgIpc) is 2.67. The summed E-state index contributed by atoms with van der Waals surface area (Å²) < 4.78 is 0. The van der Waals surface area contributed by atoms with E-state index < -0.39 is 0 Å². The Morgan fingerprint density at radius 3 is 2.63 bits per heavy atom. The molecule has 0 spiro atoms. The molecule has 0 unspecified atom stereocenters. The van der Waals surface area contributed by atoms with Crippen molar-refractivity contribution in [1.29, 1.82) is 5.26 Å². The van der Waals surface area contributed by atoms with Gasteiger partial charge < -0.3 is 11.1 Å². The molecule has 0 aliphatic rings. The lowest BCUT2D eigenvalue weighted by Crippen LogP contribution is -2.05. The number of nitrogens with two attached hydrogens (primary N) is 1. The van der Waals surface area contributed by atoms with Crippen LogP contribution in [0.5, 0.6) is 0 Å². The van der Waals surface area contributed by atoms with Crippen molar-refractivity contribution in [3.63, 3.8) is 0 Å². The van der Waals surface area contributed by atoms with Gasteiger partial charge in [0.05, 0.1) is 5.69 Å². The van der Waals surface area contributed by atoms with Gasteiger partial charge in [-0.25, -0.2) is 4.98 Å². The molecule has 1 heterocycles. The van der Waals surface area contributed by atoms with E-state index in [1.165, 1.54) is 6.92 Å². The largest absolute Gasteiger partial charge is 0.383 e. The van der Waals surface area contributed by atoms with Crippen molar-refractivity contribution >= 4 is 23.5 Å². The summed E-state index contributed by atoms with van der Waals surface area (Å²) in [4.78, 5) is 15.7. The third-order valence-corrected chi connectivity index (χ3v) is 4.07. The summed E-state index contributed by atoms with van der Waals surface area (Å²) in [6.07, 6.45) is 1.75. The number of carbonyl (C=O) groups excluding carboxylic acids is 1. The van der Waals surface area contributed by atoms with E-state index in [0.717, 1.165) is 16.7 Å². The summed E-state index contributed by atoms with van der Waals surface area (Å²) in [7, 11) is 0. The summed E-state index contributed by atoms with van der Waals surface area (Å²) in [5.41, 5.74) is 11.0. The van der Waals surface area contributed by atoms with Gasteiger partial charge in [-0.05, 0) is 35.4 Å². The van der Waals surface area contributed by atoms with Gasteiger partial charge in [-0.1, -0.05) is 43.0 Å². The van der Waals surface area contributed by atoms with Gasteiger partial charge in [0.25, 0.3) is 0 Å². The minimum Gasteiger partial charge on any atom is -0.383 e. The second kappa shape index (κ2) is 7.54. The van der Waals surface area contributed by atoms with E-state index in [2.05, 4.69) is 22.9 Å². The first-order valence-electron chi connectivity index (χ1n) is 8.33. The summed E-state index contributed by atoms with van der Waals surface area (Å²) in [6, 6.07) is 19.0. The smallest absolute Gasteiger partial charge is 0.221 e. The Morgan fingerprint density at radius 1 is 1.19 bits per heavy atom. The summed E-state index contributed by atoms with van der Waals surface area (Å²) in [5, 5.41) is 12.3. The minimum atomic E-state index is -0.151. The van der Waals surface area contributed by atoms with Crippen LogP contribution < -0.4 is 11.1 Å². The highest BCUT2D eigenvalue weighted by molar-refractivity contribution is 5.90. The predicted molar refractivity (Wildman–Crippen MR) is 109 cm³/mol. The van der Waals surface area contributed by atoms with E-state index >= 15 is 0 Å². The molecular formula is C22H18N4O. The summed E-state index contributed by atoms with van der Waals surface area (Å²) >= 11 is 0. The standard InChI is InChI=1S/C22H18N4O/c1-3-15-6-4-7-16(10-15)19-12-21(26-22(24)20(19)13-23)17-8-5-9-18(11-17)25-14(2)27/h3-12H,1H2,2H3,(H2,24,26)(H,25,27). The van der Waals surface area contributed by atoms with Crippen molar-refractivity contribution in [2.24, 2.45) is 0 Å². The SMILES string of the molecule is C=Cc1cccc(-c2cc(-c3cccc(NC(C)=O)c3)nc(N)c2C#N)c1. The molecule has 132 valence electrons. The zero-order valence-corrected chi connectivity index (χ0v) is 14.9. The third-order valence-electron chi connectivity index (χ3n) is 4.07. The van der Waals surface area contributed by atoms with Crippen LogP contribution in [0, 0.1) is 11.3 Å². The second-order valence-electron chi connectivity index (χ2n) is 6.02. The fourth-order valence-corrected chi connectivity index (χ4v) is 2.85. The second-order valence-corrected chi connectivity index (χ2v) is 6.02. The van der Waals surface area contributed by atoms with E-state index in [9.17, 15) is 10.1 Å². The van der Waals surface area contributed by atoms with Crippen LogP contribution >= 0.6 is 0 Å². The average molecular weight is 354 g/mol. The first kappa shape index (κ1) is 17.9. The topological polar surface area (TPSA) is 91.8 Å². The molecule has 0 fully saturated rings. The molecule has 2 aromatic carbocycles. The van der Waals surface area contributed by atoms with Gasteiger partial charge in [-0.2, -0.15) is 5.26 Å². The fourth-order valence-electron chi connectivity index (χ4n) is 2.85. The normalized spacial score (nSPS) is 10.1. The third kappa shape index (κ3) is 3.86. The first-order valence-corrected chi connectivity index (χ1v) is 8.33. The molecule has 1 aromatic heterocycles. The lowest BCUT2D eigenvalue weighted by Gasteiger charge is -2.12. The van der Waals surface area contributed by atoms with Gasteiger partial charge >= 0.3 is 0 Å². The Balaban J connectivity index is 2.16. The number of amides is 1. The number of hydrogen-bond donors (Lipinski definition) is 2. The maximum Gasteiger partial charge on any atom is 0.221 e. The summed E-state index contributed by atoms with van der Waals surface area (Å²) in [5.74, 6) is 0.0142. The molecule has 3 rings (SSSR count). The Hall–Kier alpha value is -3.91. The van der Waals surface area contributed by atoms with Crippen molar-refractivity contribution in [1.82, 2.24) is 4.98 Å². The molecule has 1 amide bonds. The fraction of sp³-hybridized carbons (Fsp3) is 0.0455. The zero-order valence-electron chi connectivity index (χ0n) is 14.9. The highest BCUT2D eigenvalue weighted by Gasteiger charge is 2.14. The van der Waals surface area contributed by atoms with Gasteiger partial charge in [0.15, 0.2) is 0 Å². The number of anilines is 2. The van der Waals surface area contributed by atoms with Crippen molar-refractivity contribution < 1.29 is 4.79 Å². The van der Waals surface area contributed by atoms with Gasteiger partial charge in [-0.15, -0.1) is 0 Å². The van der Waals surface area contributed by atoms with Gasteiger partial charge in [0.1, 0.15) is 17.5 Å². The molecule has 0 saturated carbocycles. The molecule has 0 aliphatic heterocycles. The van der Waals surface area contributed by atoms with E-state index in [0.29, 0.717) is 22.5 Å².